The second-order valence-corrected chi connectivity index (χ2v) is 8.94. The van der Waals surface area contributed by atoms with Crippen LogP contribution in [0.25, 0.3) is 0 Å². The number of hydrogen-bond acceptors (Lipinski definition) is 5. The number of allylic oxidation sites excluding steroid dienone is 2. The van der Waals surface area contributed by atoms with Gasteiger partial charge < -0.3 is 0 Å². The lowest BCUT2D eigenvalue weighted by molar-refractivity contribution is -0.384. The van der Waals surface area contributed by atoms with Crippen LogP contribution in [0.2, 0.25) is 10.0 Å². The summed E-state index contributed by atoms with van der Waals surface area (Å²) in [5.41, 5.74) is 1.42. The number of nitro benzene ring substituents is 1. The van der Waals surface area contributed by atoms with E-state index >= 15 is 0 Å². The average Bonchev–Trinajstić information content (AvgIpc) is 3.02. The van der Waals surface area contributed by atoms with Crippen molar-refractivity contribution >= 4 is 46.6 Å². The van der Waals surface area contributed by atoms with E-state index in [9.17, 15) is 24.5 Å². The number of fused-ring (bicyclic) bond motifs is 1. The van der Waals surface area contributed by atoms with Crippen LogP contribution in [0.5, 0.6) is 0 Å². The van der Waals surface area contributed by atoms with Crippen molar-refractivity contribution in [3.05, 3.63) is 85.4 Å². The van der Waals surface area contributed by atoms with Gasteiger partial charge in [-0.05, 0) is 49.6 Å². The standard InChI is InChI=1S/C23H19Cl2N3O5/c1-13-2-9-18-19(10-13)23(31)27(22(18)30)26(12-15-3-6-16(24)11-20(15)25)21(29)14-4-7-17(8-5-14)28(32)33/h2-8,11,18-19H,9-10,12H2,1H3/t18-,19-/m1/s1. The van der Waals surface area contributed by atoms with Crippen molar-refractivity contribution < 1.29 is 19.3 Å². The molecule has 2 aromatic rings. The Hall–Kier alpha value is -3.23. The summed E-state index contributed by atoms with van der Waals surface area (Å²) < 4.78 is 0. The van der Waals surface area contributed by atoms with Crippen molar-refractivity contribution in [1.82, 2.24) is 10.0 Å². The number of carbonyl (C=O) groups excluding carboxylic acids is 3. The Balaban J connectivity index is 1.72. The molecule has 1 heterocycles. The third-order valence-electron chi connectivity index (χ3n) is 5.94. The lowest BCUT2D eigenvalue weighted by Gasteiger charge is -2.31. The SMILES string of the molecule is CC1=CC[C@H]2C(=O)N(N(Cc3ccc(Cl)cc3Cl)C(=O)c3ccc([N+](=O)[O-])cc3)C(=O)[C@@H]2C1. The Morgan fingerprint density at radius 3 is 2.42 bits per heavy atom. The number of non-ortho nitro benzene ring substituents is 1. The smallest absolute Gasteiger partial charge is 0.272 e. The van der Waals surface area contributed by atoms with Crippen LogP contribution in [0.4, 0.5) is 5.69 Å². The van der Waals surface area contributed by atoms with E-state index < -0.39 is 34.5 Å². The molecule has 0 spiro atoms. The number of carbonyl (C=O) groups is 3. The zero-order valence-corrected chi connectivity index (χ0v) is 19.0. The van der Waals surface area contributed by atoms with E-state index in [1.807, 2.05) is 13.0 Å². The Labute approximate surface area is 199 Å². The molecule has 8 nitrogen and oxygen atoms in total. The number of benzene rings is 2. The molecule has 1 aliphatic carbocycles. The zero-order chi connectivity index (χ0) is 23.9. The molecule has 2 aromatic carbocycles. The summed E-state index contributed by atoms with van der Waals surface area (Å²) in [7, 11) is 0. The van der Waals surface area contributed by atoms with E-state index in [2.05, 4.69) is 0 Å². The number of rotatable bonds is 5. The minimum absolute atomic E-state index is 0.0930. The summed E-state index contributed by atoms with van der Waals surface area (Å²) in [5.74, 6) is -2.61. The first-order valence-corrected chi connectivity index (χ1v) is 11.0. The number of nitrogens with zero attached hydrogens (tertiary/aromatic N) is 3. The molecule has 1 fully saturated rings. The molecular weight excluding hydrogens is 469 g/mol. The van der Waals surface area contributed by atoms with E-state index in [0.717, 1.165) is 15.6 Å². The summed E-state index contributed by atoms with van der Waals surface area (Å²) in [5, 5.41) is 13.6. The number of imide groups is 1. The van der Waals surface area contributed by atoms with Gasteiger partial charge in [0.2, 0.25) is 0 Å². The van der Waals surface area contributed by atoms with Gasteiger partial charge in [0.05, 0.1) is 23.3 Å². The fourth-order valence-electron chi connectivity index (χ4n) is 4.18. The molecule has 2 atom stereocenters. The van der Waals surface area contributed by atoms with Crippen molar-refractivity contribution in [3.63, 3.8) is 0 Å². The average molecular weight is 488 g/mol. The van der Waals surface area contributed by atoms with Crippen LogP contribution in [0, 0.1) is 22.0 Å². The van der Waals surface area contributed by atoms with Gasteiger partial charge in [0.1, 0.15) is 0 Å². The van der Waals surface area contributed by atoms with Gasteiger partial charge in [-0.1, -0.05) is 40.9 Å². The molecule has 1 aliphatic heterocycles. The zero-order valence-electron chi connectivity index (χ0n) is 17.5. The van der Waals surface area contributed by atoms with Crippen LogP contribution >= 0.6 is 23.2 Å². The van der Waals surface area contributed by atoms with Crippen molar-refractivity contribution in [1.29, 1.82) is 0 Å². The summed E-state index contributed by atoms with van der Waals surface area (Å²) in [6.07, 6.45) is 2.82. The number of nitro groups is 1. The van der Waals surface area contributed by atoms with Gasteiger partial charge in [-0.15, -0.1) is 0 Å². The highest BCUT2D eigenvalue weighted by Gasteiger charge is 2.51. The second-order valence-electron chi connectivity index (χ2n) is 8.09. The minimum Gasteiger partial charge on any atom is -0.272 e. The Morgan fingerprint density at radius 2 is 1.79 bits per heavy atom. The lowest BCUT2D eigenvalue weighted by atomic mass is 9.82. The molecular formula is C23H19Cl2N3O5. The van der Waals surface area contributed by atoms with Crippen LogP contribution in [-0.2, 0) is 16.1 Å². The first-order chi connectivity index (χ1) is 15.7. The minimum atomic E-state index is -0.652. The van der Waals surface area contributed by atoms with Gasteiger partial charge in [0, 0.05) is 27.7 Å². The number of hydrazine groups is 1. The van der Waals surface area contributed by atoms with E-state index in [0.29, 0.717) is 23.4 Å². The number of halogens is 2. The molecule has 0 aromatic heterocycles. The first kappa shape index (κ1) is 22.9. The maximum atomic E-state index is 13.5. The lowest BCUT2D eigenvalue weighted by Crippen LogP contribution is -2.49. The molecule has 0 saturated carbocycles. The topological polar surface area (TPSA) is 101 Å². The molecule has 170 valence electrons. The molecule has 10 heteroatoms. The molecule has 0 unspecified atom stereocenters. The Kier molecular flexibility index (Phi) is 6.23. The summed E-state index contributed by atoms with van der Waals surface area (Å²) >= 11 is 12.3. The highest BCUT2D eigenvalue weighted by Crippen LogP contribution is 2.39. The molecule has 4 rings (SSSR count). The third-order valence-corrected chi connectivity index (χ3v) is 6.52. The second kappa shape index (κ2) is 8.96. The number of hydrogen-bond donors (Lipinski definition) is 0. The Bertz CT molecular complexity index is 1200. The highest BCUT2D eigenvalue weighted by molar-refractivity contribution is 6.35. The van der Waals surface area contributed by atoms with Gasteiger partial charge in [0.25, 0.3) is 23.4 Å². The molecule has 0 N–H and O–H groups in total. The largest absolute Gasteiger partial charge is 0.273 e. The van der Waals surface area contributed by atoms with Gasteiger partial charge in [0.15, 0.2) is 0 Å². The van der Waals surface area contributed by atoms with E-state index in [1.165, 1.54) is 30.3 Å². The van der Waals surface area contributed by atoms with Gasteiger partial charge in [-0.3, -0.25) is 24.5 Å². The molecule has 33 heavy (non-hydrogen) atoms. The van der Waals surface area contributed by atoms with Crippen LogP contribution < -0.4 is 0 Å². The van der Waals surface area contributed by atoms with Gasteiger partial charge >= 0.3 is 0 Å². The quantitative estimate of drug-likeness (QED) is 0.261. The monoisotopic (exact) mass is 487 g/mol. The Morgan fingerprint density at radius 1 is 1.12 bits per heavy atom. The molecule has 0 radical (unpaired) electrons. The summed E-state index contributed by atoms with van der Waals surface area (Å²) in [6, 6.07) is 9.69. The number of amides is 3. The van der Waals surface area contributed by atoms with Crippen LogP contribution in [-0.4, -0.2) is 32.7 Å². The fourth-order valence-corrected chi connectivity index (χ4v) is 4.65. The fraction of sp³-hybridized carbons (Fsp3) is 0.261. The van der Waals surface area contributed by atoms with Gasteiger partial charge in [-0.2, -0.15) is 5.01 Å². The van der Waals surface area contributed by atoms with E-state index in [-0.39, 0.29) is 22.8 Å². The summed E-state index contributed by atoms with van der Waals surface area (Å²) in [4.78, 5) is 50.4. The van der Waals surface area contributed by atoms with Crippen LogP contribution in [0.1, 0.15) is 35.7 Å². The van der Waals surface area contributed by atoms with Gasteiger partial charge in [-0.25, -0.2) is 5.01 Å². The predicted molar refractivity (Wildman–Crippen MR) is 121 cm³/mol. The first-order valence-electron chi connectivity index (χ1n) is 10.2. The molecule has 2 aliphatic rings. The van der Waals surface area contributed by atoms with Crippen LogP contribution in [0.3, 0.4) is 0 Å². The van der Waals surface area contributed by atoms with Crippen molar-refractivity contribution in [3.8, 4) is 0 Å². The molecule has 1 saturated heterocycles. The van der Waals surface area contributed by atoms with Crippen molar-refractivity contribution in [2.45, 2.75) is 26.3 Å². The third kappa shape index (κ3) is 4.36. The maximum Gasteiger partial charge on any atom is 0.273 e. The van der Waals surface area contributed by atoms with E-state index in [1.54, 1.807) is 12.1 Å². The van der Waals surface area contributed by atoms with E-state index in [4.69, 9.17) is 23.2 Å². The normalized spacial score (nSPS) is 19.8. The molecule has 3 amide bonds. The van der Waals surface area contributed by atoms with Crippen molar-refractivity contribution in [2.24, 2.45) is 11.8 Å². The predicted octanol–water partition coefficient (Wildman–Crippen LogP) is 4.80. The highest BCUT2D eigenvalue weighted by atomic mass is 35.5. The maximum absolute atomic E-state index is 13.5. The van der Waals surface area contributed by atoms with Crippen LogP contribution in [0.15, 0.2) is 54.1 Å². The van der Waals surface area contributed by atoms with Crippen molar-refractivity contribution in [2.75, 3.05) is 0 Å². The summed E-state index contributed by atoms with van der Waals surface area (Å²) in [6.45, 7) is 1.75. The molecule has 0 bridgehead atoms.